The van der Waals surface area contributed by atoms with Gasteiger partial charge in [-0.15, -0.1) is 0 Å². The molecule has 15 heavy (non-hydrogen) atoms. The number of carbonyl (C=O) groups excluding carboxylic acids is 1. The second-order valence-electron chi connectivity index (χ2n) is 3.68. The highest BCUT2D eigenvalue weighted by Gasteiger charge is 2.19. The highest BCUT2D eigenvalue weighted by Crippen LogP contribution is 2.15. The van der Waals surface area contributed by atoms with E-state index < -0.39 is 5.92 Å². The first-order chi connectivity index (χ1) is 7.15. The number of benzene rings is 1. The normalized spacial score (nSPS) is 12.1. The summed E-state index contributed by atoms with van der Waals surface area (Å²) in [7, 11) is 3.63. The molecule has 0 amide bonds. The lowest BCUT2D eigenvalue weighted by atomic mass is 9.96. The molecule has 0 aromatic heterocycles. The monoisotopic (exact) mass is 202 g/mol. The average Bonchev–Trinajstić information content (AvgIpc) is 2.19. The number of ketones is 1. The predicted molar refractivity (Wildman–Crippen MR) is 58.4 cm³/mol. The van der Waals surface area contributed by atoms with E-state index in [-0.39, 0.29) is 5.78 Å². The van der Waals surface area contributed by atoms with E-state index in [4.69, 9.17) is 5.26 Å². The van der Waals surface area contributed by atoms with Gasteiger partial charge in [-0.3, -0.25) is 4.79 Å². The Hall–Kier alpha value is -1.66. The molecule has 3 nitrogen and oxygen atoms in total. The first kappa shape index (κ1) is 11.4. The molecular formula is C12H14N2O. The van der Waals surface area contributed by atoms with Gasteiger partial charge in [0.15, 0.2) is 5.78 Å². The Balaban J connectivity index is 2.82. The first-order valence-electron chi connectivity index (χ1n) is 4.77. The van der Waals surface area contributed by atoms with Gasteiger partial charge in [-0.25, -0.2) is 0 Å². The van der Waals surface area contributed by atoms with Crippen LogP contribution in [0.1, 0.15) is 11.5 Å². The van der Waals surface area contributed by atoms with Crippen LogP contribution in [0.4, 0.5) is 0 Å². The molecular weight excluding hydrogens is 188 g/mol. The molecule has 0 spiro atoms. The number of likely N-dealkylation sites (N-methyl/N-ethyl adjacent to an activating group) is 1. The summed E-state index contributed by atoms with van der Waals surface area (Å²) in [5.41, 5.74) is 0.770. The van der Waals surface area contributed by atoms with E-state index in [1.807, 2.05) is 38.4 Å². The zero-order valence-corrected chi connectivity index (χ0v) is 8.97. The Morgan fingerprint density at radius 2 is 2.00 bits per heavy atom. The maximum atomic E-state index is 11.7. The van der Waals surface area contributed by atoms with Crippen molar-refractivity contribution < 1.29 is 4.79 Å². The van der Waals surface area contributed by atoms with E-state index in [1.54, 1.807) is 17.0 Å². The molecule has 0 fully saturated rings. The van der Waals surface area contributed by atoms with Gasteiger partial charge in [0.05, 0.1) is 12.6 Å². The molecule has 1 unspecified atom stereocenters. The molecule has 0 aliphatic rings. The van der Waals surface area contributed by atoms with Crippen LogP contribution in [-0.2, 0) is 4.79 Å². The highest BCUT2D eigenvalue weighted by molar-refractivity contribution is 5.89. The average molecular weight is 202 g/mol. The first-order valence-corrected chi connectivity index (χ1v) is 4.77. The fraction of sp³-hybridized carbons (Fsp3) is 0.333. The highest BCUT2D eigenvalue weighted by atomic mass is 16.1. The molecule has 0 N–H and O–H groups in total. The lowest BCUT2D eigenvalue weighted by Crippen LogP contribution is -2.25. The van der Waals surface area contributed by atoms with Gasteiger partial charge in [0, 0.05) is 0 Å². The molecule has 0 saturated carbocycles. The molecule has 3 heteroatoms. The van der Waals surface area contributed by atoms with Crippen LogP contribution < -0.4 is 0 Å². The van der Waals surface area contributed by atoms with Gasteiger partial charge in [0.1, 0.15) is 5.92 Å². The maximum Gasteiger partial charge on any atom is 0.168 e. The number of Topliss-reactive ketones (excluding diaryl/α,β-unsaturated/α-hetero) is 1. The van der Waals surface area contributed by atoms with Crippen LogP contribution in [0.3, 0.4) is 0 Å². The largest absolute Gasteiger partial charge is 0.302 e. The number of nitriles is 1. The van der Waals surface area contributed by atoms with Crippen molar-refractivity contribution in [2.24, 2.45) is 0 Å². The maximum absolute atomic E-state index is 11.7. The van der Waals surface area contributed by atoms with Gasteiger partial charge < -0.3 is 4.90 Å². The third-order valence-corrected chi connectivity index (χ3v) is 2.06. The lowest BCUT2D eigenvalue weighted by Gasteiger charge is -2.12. The van der Waals surface area contributed by atoms with Crippen molar-refractivity contribution in [3.63, 3.8) is 0 Å². The van der Waals surface area contributed by atoms with E-state index in [0.717, 1.165) is 5.56 Å². The molecule has 1 atom stereocenters. The summed E-state index contributed by atoms with van der Waals surface area (Å²) in [6.45, 7) is 0.299. The Morgan fingerprint density at radius 3 is 2.47 bits per heavy atom. The summed E-state index contributed by atoms with van der Waals surface area (Å²) in [5.74, 6) is -0.706. The Bertz CT molecular complexity index is 365. The number of hydrogen-bond acceptors (Lipinski definition) is 3. The molecule has 78 valence electrons. The van der Waals surface area contributed by atoms with E-state index in [9.17, 15) is 4.79 Å². The topological polar surface area (TPSA) is 44.1 Å². The van der Waals surface area contributed by atoms with Crippen LogP contribution >= 0.6 is 0 Å². The van der Waals surface area contributed by atoms with E-state index >= 15 is 0 Å². The van der Waals surface area contributed by atoms with Crippen LogP contribution in [0.2, 0.25) is 0 Å². The molecule has 0 heterocycles. The molecule has 0 radical (unpaired) electrons. The zero-order chi connectivity index (χ0) is 11.3. The van der Waals surface area contributed by atoms with Crippen LogP contribution in [0.15, 0.2) is 30.3 Å². The molecule has 1 rings (SSSR count). The van der Waals surface area contributed by atoms with Crippen LogP contribution in [0.25, 0.3) is 0 Å². The standard InChI is InChI=1S/C12H14N2O/c1-14(2)9-12(15)11(8-13)10-6-4-3-5-7-10/h3-7,11H,9H2,1-2H3. The summed E-state index contributed by atoms with van der Waals surface area (Å²) in [6.07, 6.45) is 0. The quantitative estimate of drug-likeness (QED) is 0.741. The SMILES string of the molecule is CN(C)CC(=O)C(C#N)c1ccccc1. The molecule has 0 saturated heterocycles. The summed E-state index contributed by atoms with van der Waals surface area (Å²) in [6, 6.07) is 11.2. The Labute approximate surface area is 89.9 Å². The smallest absolute Gasteiger partial charge is 0.168 e. The third kappa shape index (κ3) is 3.19. The number of carbonyl (C=O) groups is 1. The molecule has 1 aromatic rings. The Kier molecular flexibility index (Phi) is 4.02. The molecule has 0 bridgehead atoms. The number of hydrogen-bond donors (Lipinski definition) is 0. The van der Waals surface area contributed by atoms with Gasteiger partial charge in [0.2, 0.25) is 0 Å². The fourth-order valence-corrected chi connectivity index (χ4v) is 1.38. The minimum absolute atomic E-state index is 0.0614. The van der Waals surface area contributed by atoms with Gasteiger partial charge in [-0.1, -0.05) is 30.3 Å². The van der Waals surface area contributed by atoms with Crippen molar-refractivity contribution in [1.29, 1.82) is 5.26 Å². The van der Waals surface area contributed by atoms with Gasteiger partial charge in [0.25, 0.3) is 0 Å². The number of nitrogens with zero attached hydrogens (tertiary/aromatic N) is 2. The second kappa shape index (κ2) is 5.28. The predicted octanol–water partition coefficient (Wildman–Crippen LogP) is 1.42. The Morgan fingerprint density at radius 1 is 1.40 bits per heavy atom. The third-order valence-electron chi connectivity index (χ3n) is 2.06. The van der Waals surface area contributed by atoms with Gasteiger partial charge in [-0.2, -0.15) is 5.26 Å². The van der Waals surface area contributed by atoms with Crippen LogP contribution in [0.5, 0.6) is 0 Å². The van der Waals surface area contributed by atoms with Crippen molar-refractivity contribution in [1.82, 2.24) is 4.90 Å². The lowest BCUT2D eigenvalue weighted by molar-refractivity contribution is -0.119. The second-order valence-corrected chi connectivity index (χ2v) is 3.68. The summed E-state index contributed by atoms with van der Waals surface area (Å²) >= 11 is 0. The summed E-state index contributed by atoms with van der Waals surface area (Å²) in [5, 5.41) is 8.97. The molecule has 1 aromatic carbocycles. The molecule has 0 aliphatic carbocycles. The van der Waals surface area contributed by atoms with Crippen LogP contribution in [0, 0.1) is 11.3 Å². The van der Waals surface area contributed by atoms with Crippen molar-refractivity contribution >= 4 is 5.78 Å². The van der Waals surface area contributed by atoms with E-state index in [0.29, 0.717) is 6.54 Å². The minimum atomic E-state index is -0.645. The molecule has 0 aliphatic heterocycles. The number of rotatable bonds is 4. The van der Waals surface area contributed by atoms with Crippen LogP contribution in [-0.4, -0.2) is 31.3 Å². The van der Waals surface area contributed by atoms with Crippen molar-refractivity contribution in [3.8, 4) is 6.07 Å². The van der Waals surface area contributed by atoms with E-state index in [2.05, 4.69) is 0 Å². The van der Waals surface area contributed by atoms with Crippen molar-refractivity contribution in [2.45, 2.75) is 5.92 Å². The van der Waals surface area contributed by atoms with Gasteiger partial charge >= 0.3 is 0 Å². The van der Waals surface area contributed by atoms with Crippen molar-refractivity contribution in [3.05, 3.63) is 35.9 Å². The summed E-state index contributed by atoms with van der Waals surface area (Å²) < 4.78 is 0. The van der Waals surface area contributed by atoms with Gasteiger partial charge in [-0.05, 0) is 19.7 Å². The minimum Gasteiger partial charge on any atom is -0.302 e. The van der Waals surface area contributed by atoms with Crippen molar-refractivity contribution in [2.75, 3.05) is 20.6 Å². The fourth-order valence-electron chi connectivity index (χ4n) is 1.38. The summed E-state index contributed by atoms with van der Waals surface area (Å²) in [4.78, 5) is 13.5. The van der Waals surface area contributed by atoms with E-state index in [1.165, 1.54) is 0 Å². The zero-order valence-electron chi connectivity index (χ0n) is 8.97.